The predicted octanol–water partition coefficient (Wildman–Crippen LogP) is 1.20. The molecule has 0 saturated heterocycles. The number of hydrogen-bond donors (Lipinski definition) is 2. The van der Waals surface area contributed by atoms with Crippen LogP contribution in [-0.2, 0) is 6.42 Å². The summed E-state index contributed by atoms with van der Waals surface area (Å²) in [7, 11) is 0. The fourth-order valence-electron chi connectivity index (χ4n) is 1.71. The van der Waals surface area contributed by atoms with Crippen molar-refractivity contribution in [2.45, 2.75) is 19.3 Å². The molecule has 0 spiro atoms. The molecule has 0 aliphatic carbocycles. The van der Waals surface area contributed by atoms with Gasteiger partial charge in [0.15, 0.2) is 0 Å². The summed E-state index contributed by atoms with van der Waals surface area (Å²) in [6.07, 6.45) is 4.45. The Morgan fingerprint density at radius 3 is 3.00 bits per heavy atom. The van der Waals surface area contributed by atoms with E-state index in [9.17, 15) is 4.79 Å². The van der Waals surface area contributed by atoms with Gasteiger partial charge in [-0.05, 0) is 43.5 Å². The first-order valence-corrected chi connectivity index (χ1v) is 5.47. The van der Waals surface area contributed by atoms with Crippen LogP contribution in [0.2, 0.25) is 0 Å². The lowest BCUT2D eigenvalue weighted by Crippen LogP contribution is -2.05. The molecule has 0 amide bonds. The number of nitrogens with two attached hydrogens (primary N) is 1. The standard InChI is InChI=1S/C12H15N3O/c13-6-2-1-3-9-4-5-10-11(7-9)14-8-12(16)15-10/h4-5,7-8H,1-3,6,13H2,(H,15,16). The van der Waals surface area contributed by atoms with Crippen molar-refractivity contribution in [3.63, 3.8) is 0 Å². The summed E-state index contributed by atoms with van der Waals surface area (Å²) in [6, 6.07) is 5.94. The van der Waals surface area contributed by atoms with Crippen LogP contribution in [-0.4, -0.2) is 16.5 Å². The Kier molecular flexibility index (Phi) is 3.31. The van der Waals surface area contributed by atoms with Crippen molar-refractivity contribution in [2.75, 3.05) is 6.54 Å². The van der Waals surface area contributed by atoms with Crippen LogP contribution < -0.4 is 11.3 Å². The molecule has 1 heterocycles. The van der Waals surface area contributed by atoms with Crippen molar-refractivity contribution < 1.29 is 0 Å². The molecule has 4 nitrogen and oxygen atoms in total. The Morgan fingerprint density at radius 1 is 1.31 bits per heavy atom. The highest BCUT2D eigenvalue weighted by Gasteiger charge is 1.98. The molecule has 1 aromatic carbocycles. The molecule has 3 N–H and O–H groups in total. The van der Waals surface area contributed by atoms with E-state index in [2.05, 4.69) is 9.97 Å². The predicted molar refractivity (Wildman–Crippen MR) is 64.4 cm³/mol. The van der Waals surface area contributed by atoms with Crippen molar-refractivity contribution in [2.24, 2.45) is 5.73 Å². The molecule has 0 saturated carbocycles. The maximum absolute atomic E-state index is 11.0. The summed E-state index contributed by atoms with van der Waals surface area (Å²) < 4.78 is 0. The van der Waals surface area contributed by atoms with Crippen LogP contribution in [0.15, 0.2) is 29.2 Å². The summed E-state index contributed by atoms with van der Waals surface area (Å²) in [5.41, 5.74) is 8.15. The number of hydrogen-bond acceptors (Lipinski definition) is 3. The Hall–Kier alpha value is -1.68. The zero-order valence-corrected chi connectivity index (χ0v) is 9.07. The van der Waals surface area contributed by atoms with Gasteiger partial charge in [0.25, 0.3) is 5.56 Å². The molecule has 0 radical (unpaired) electrons. The van der Waals surface area contributed by atoms with E-state index in [0.29, 0.717) is 0 Å². The second-order valence-corrected chi connectivity index (χ2v) is 3.84. The summed E-state index contributed by atoms with van der Waals surface area (Å²) >= 11 is 0. The van der Waals surface area contributed by atoms with Gasteiger partial charge < -0.3 is 10.7 Å². The first kappa shape index (κ1) is 10.8. The van der Waals surface area contributed by atoms with E-state index >= 15 is 0 Å². The lowest BCUT2D eigenvalue weighted by atomic mass is 10.1. The van der Waals surface area contributed by atoms with Crippen molar-refractivity contribution >= 4 is 11.0 Å². The monoisotopic (exact) mass is 217 g/mol. The van der Waals surface area contributed by atoms with Crippen LogP contribution in [0.4, 0.5) is 0 Å². The second-order valence-electron chi connectivity index (χ2n) is 3.84. The van der Waals surface area contributed by atoms with Gasteiger partial charge in [-0.2, -0.15) is 0 Å². The average Bonchev–Trinajstić information content (AvgIpc) is 2.29. The van der Waals surface area contributed by atoms with E-state index in [1.165, 1.54) is 11.8 Å². The van der Waals surface area contributed by atoms with Gasteiger partial charge in [-0.3, -0.25) is 4.79 Å². The first-order chi connectivity index (χ1) is 7.79. The molecule has 0 unspecified atom stereocenters. The molecule has 1 aromatic heterocycles. The second kappa shape index (κ2) is 4.90. The Bertz CT molecular complexity index is 533. The third kappa shape index (κ3) is 2.46. The quantitative estimate of drug-likeness (QED) is 0.756. The molecule has 0 aliphatic rings. The third-order valence-corrected chi connectivity index (χ3v) is 2.56. The van der Waals surface area contributed by atoms with Crippen LogP contribution >= 0.6 is 0 Å². The molecule has 4 heteroatoms. The Morgan fingerprint density at radius 2 is 2.19 bits per heavy atom. The number of aryl methyl sites for hydroxylation is 1. The van der Waals surface area contributed by atoms with Gasteiger partial charge in [0.1, 0.15) is 0 Å². The van der Waals surface area contributed by atoms with Gasteiger partial charge in [-0.1, -0.05) is 6.07 Å². The minimum absolute atomic E-state index is 0.164. The van der Waals surface area contributed by atoms with Crippen LogP contribution in [0.5, 0.6) is 0 Å². The number of H-pyrrole nitrogens is 1. The summed E-state index contributed by atoms with van der Waals surface area (Å²) in [5, 5.41) is 0. The summed E-state index contributed by atoms with van der Waals surface area (Å²) in [6.45, 7) is 0.735. The van der Waals surface area contributed by atoms with E-state index in [1.807, 2.05) is 18.2 Å². The Balaban J connectivity index is 2.23. The summed E-state index contributed by atoms with van der Waals surface area (Å²) in [5.74, 6) is 0. The molecule has 84 valence electrons. The van der Waals surface area contributed by atoms with Gasteiger partial charge in [0, 0.05) is 0 Å². The highest BCUT2D eigenvalue weighted by Crippen LogP contribution is 2.11. The van der Waals surface area contributed by atoms with Crippen LogP contribution in [0.1, 0.15) is 18.4 Å². The fourth-order valence-corrected chi connectivity index (χ4v) is 1.71. The van der Waals surface area contributed by atoms with Crippen LogP contribution in [0.25, 0.3) is 11.0 Å². The van der Waals surface area contributed by atoms with Gasteiger partial charge in [-0.25, -0.2) is 4.98 Å². The number of benzene rings is 1. The minimum Gasteiger partial charge on any atom is -0.330 e. The van der Waals surface area contributed by atoms with E-state index in [4.69, 9.17) is 5.73 Å². The van der Waals surface area contributed by atoms with Gasteiger partial charge in [0.05, 0.1) is 17.2 Å². The van der Waals surface area contributed by atoms with E-state index in [1.54, 1.807) is 0 Å². The topological polar surface area (TPSA) is 71.8 Å². The molecule has 2 aromatic rings. The highest BCUT2D eigenvalue weighted by atomic mass is 16.1. The van der Waals surface area contributed by atoms with Gasteiger partial charge >= 0.3 is 0 Å². The van der Waals surface area contributed by atoms with Crippen LogP contribution in [0, 0.1) is 0 Å². The minimum atomic E-state index is -0.164. The van der Waals surface area contributed by atoms with E-state index in [-0.39, 0.29) is 5.56 Å². The van der Waals surface area contributed by atoms with Crippen LogP contribution in [0.3, 0.4) is 0 Å². The highest BCUT2D eigenvalue weighted by molar-refractivity contribution is 5.74. The lowest BCUT2D eigenvalue weighted by Gasteiger charge is -2.02. The van der Waals surface area contributed by atoms with Gasteiger partial charge in [-0.15, -0.1) is 0 Å². The molecular weight excluding hydrogens is 202 g/mol. The molecular formula is C12H15N3O. The molecule has 2 rings (SSSR count). The van der Waals surface area contributed by atoms with Crippen molar-refractivity contribution in [1.82, 2.24) is 9.97 Å². The molecule has 0 atom stereocenters. The van der Waals surface area contributed by atoms with Crippen molar-refractivity contribution in [1.29, 1.82) is 0 Å². The van der Waals surface area contributed by atoms with E-state index < -0.39 is 0 Å². The summed E-state index contributed by atoms with van der Waals surface area (Å²) in [4.78, 5) is 17.9. The Labute approximate surface area is 93.5 Å². The molecule has 16 heavy (non-hydrogen) atoms. The normalized spacial score (nSPS) is 10.8. The maximum Gasteiger partial charge on any atom is 0.266 e. The number of nitrogens with one attached hydrogen (secondary N) is 1. The average molecular weight is 217 g/mol. The first-order valence-electron chi connectivity index (χ1n) is 5.47. The van der Waals surface area contributed by atoms with E-state index in [0.717, 1.165) is 36.8 Å². The molecule has 0 aliphatic heterocycles. The molecule has 0 bridgehead atoms. The fraction of sp³-hybridized carbons (Fsp3) is 0.333. The third-order valence-electron chi connectivity index (χ3n) is 2.56. The zero-order valence-electron chi connectivity index (χ0n) is 9.07. The number of aromatic nitrogens is 2. The zero-order chi connectivity index (χ0) is 11.4. The largest absolute Gasteiger partial charge is 0.330 e. The number of rotatable bonds is 4. The lowest BCUT2D eigenvalue weighted by molar-refractivity contribution is 0.745. The molecule has 0 fully saturated rings. The number of unbranched alkanes of at least 4 members (excludes halogenated alkanes) is 1. The van der Waals surface area contributed by atoms with Crippen molar-refractivity contribution in [3.8, 4) is 0 Å². The SMILES string of the molecule is NCCCCc1ccc2[nH]c(=O)cnc2c1. The number of fused-ring (bicyclic) bond motifs is 1. The number of nitrogens with zero attached hydrogens (tertiary/aromatic N) is 1. The maximum atomic E-state index is 11.0. The smallest absolute Gasteiger partial charge is 0.266 e. The van der Waals surface area contributed by atoms with Gasteiger partial charge in [0.2, 0.25) is 0 Å². The number of aromatic amines is 1. The van der Waals surface area contributed by atoms with Crippen molar-refractivity contribution in [3.05, 3.63) is 40.3 Å².